The summed E-state index contributed by atoms with van der Waals surface area (Å²) in [5, 5.41) is 0.290. The minimum atomic E-state index is -4.17. The molecule has 5 rings (SSSR count). The average Bonchev–Trinajstić information content (AvgIpc) is 3.55. The van der Waals surface area contributed by atoms with Crippen LogP contribution in [0.4, 0.5) is 8.78 Å². The summed E-state index contributed by atoms with van der Waals surface area (Å²) in [5.41, 5.74) is 0.899. The van der Waals surface area contributed by atoms with E-state index in [1.165, 1.54) is 37.4 Å². The lowest BCUT2D eigenvalue weighted by molar-refractivity contribution is 0.0595. The third-order valence-corrected chi connectivity index (χ3v) is 8.33. The number of fused-ring (bicyclic) bond motifs is 1. The van der Waals surface area contributed by atoms with E-state index in [1.807, 2.05) is 6.08 Å². The van der Waals surface area contributed by atoms with Crippen LogP contribution in [0.5, 0.6) is 0 Å². The smallest absolute Gasteiger partial charge is 0.340 e. The van der Waals surface area contributed by atoms with E-state index < -0.39 is 27.6 Å². The number of aromatic nitrogens is 2. The van der Waals surface area contributed by atoms with Gasteiger partial charge >= 0.3 is 5.97 Å². The van der Waals surface area contributed by atoms with Crippen LogP contribution in [0, 0.1) is 17.6 Å². The van der Waals surface area contributed by atoms with Crippen molar-refractivity contribution in [3.63, 3.8) is 0 Å². The zero-order chi connectivity index (χ0) is 26.2. The van der Waals surface area contributed by atoms with Crippen molar-refractivity contribution in [2.75, 3.05) is 7.11 Å². The van der Waals surface area contributed by atoms with Crippen molar-refractivity contribution in [1.82, 2.24) is 8.96 Å². The van der Waals surface area contributed by atoms with Crippen molar-refractivity contribution in [3.8, 4) is 0 Å². The molecule has 0 N–H and O–H groups in total. The van der Waals surface area contributed by atoms with E-state index in [9.17, 15) is 17.6 Å². The number of halogens is 2. The number of pyridine rings is 1. The van der Waals surface area contributed by atoms with Crippen molar-refractivity contribution in [3.05, 3.63) is 101 Å². The predicted molar refractivity (Wildman–Crippen MR) is 135 cm³/mol. The molecule has 1 saturated carbocycles. The summed E-state index contributed by atoms with van der Waals surface area (Å²) < 4.78 is 62.7. The van der Waals surface area contributed by atoms with E-state index in [0.717, 1.165) is 35.9 Å². The molecule has 0 saturated heterocycles. The van der Waals surface area contributed by atoms with Crippen LogP contribution in [0.1, 0.15) is 47.3 Å². The van der Waals surface area contributed by atoms with Gasteiger partial charge in [-0.15, -0.1) is 0 Å². The SMILES string of the molecule is COC(=O)c1ccc(/C(=C\C2CCCC2)c2cc3cc(F)cnc3n2S(=O)(=O)c2ccccc2)cc1F. The highest BCUT2D eigenvalue weighted by atomic mass is 32.2. The van der Waals surface area contributed by atoms with Crippen LogP contribution >= 0.6 is 0 Å². The molecule has 9 heteroatoms. The second kappa shape index (κ2) is 9.89. The lowest BCUT2D eigenvalue weighted by Gasteiger charge is -2.16. The van der Waals surface area contributed by atoms with Crippen LogP contribution in [-0.4, -0.2) is 30.5 Å². The minimum Gasteiger partial charge on any atom is -0.465 e. The van der Waals surface area contributed by atoms with Crippen molar-refractivity contribution in [2.24, 2.45) is 5.92 Å². The molecular weight excluding hydrogens is 498 g/mol. The molecule has 4 aromatic rings. The summed E-state index contributed by atoms with van der Waals surface area (Å²) in [5.74, 6) is -2.07. The van der Waals surface area contributed by atoms with E-state index in [-0.39, 0.29) is 27.7 Å². The maximum Gasteiger partial charge on any atom is 0.340 e. The van der Waals surface area contributed by atoms with Gasteiger partial charge in [0.25, 0.3) is 10.0 Å². The molecule has 0 bridgehead atoms. The first kappa shape index (κ1) is 24.8. The molecule has 1 aliphatic rings. The molecule has 6 nitrogen and oxygen atoms in total. The Morgan fingerprint density at radius 1 is 1.05 bits per heavy atom. The Bertz CT molecular complexity index is 1620. The highest BCUT2D eigenvalue weighted by Gasteiger charge is 2.28. The topological polar surface area (TPSA) is 78.3 Å². The minimum absolute atomic E-state index is 0.0345. The molecule has 2 aromatic heterocycles. The van der Waals surface area contributed by atoms with E-state index in [4.69, 9.17) is 0 Å². The monoisotopic (exact) mass is 522 g/mol. The Kier molecular flexibility index (Phi) is 6.64. The normalized spacial score (nSPS) is 14.8. The molecule has 190 valence electrons. The third-order valence-electron chi connectivity index (χ3n) is 6.61. The number of esters is 1. The van der Waals surface area contributed by atoms with Gasteiger partial charge in [0.15, 0.2) is 5.65 Å². The fraction of sp³-hybridized carbons (Fsp3) is 0.214. The highest BCUT2D eigenvalue weighted by Crippen LogP contribution is 2.36. The number of carbonyl (C=O) groups is 1. The largest absolute Gasteiger partial charge is 0.465 e. The maximum absolute atomic E-state index is 15.0. The van der Waals surface area contributed by atoms with Gasteiger partial charge in [0.2, 0.25) is 0 Å². The van der Waals surface area contributed by atoms with Crippen LogP contribution in [0.15, 0.2) is 77.8 Å². The number of methoxy groups -OCH3 is 1. The lowest BCUT2D eigenvalue weighted by atomic mass is 9.95. The van der Waals surface area contributed by atoms with E-state index in [1.54, 1.807) is 30.3 Å². The Hall–Kier alpha value is -3.85. The van der Waals surface area contributed by atoms with Crippen LogP contribution in [0.3, 0.4) is 0 Å². The molecule has 0 amide bonds. The molecule has 0 atom stereocenters. The first-order valence-corrected chi connectivity index (χ1v) is 13.3. The van der Waals surface area contributed by atoms with E-state index >= 15 is 4.39 Å². The van der Waals surface area contributed by atoms with Gasteiger partial charge in [-0.05, 0) is 60.7 Å². The van der Waals surface area contributed by atoms with Gasteiger partial charge in [-0.3, -0.25) is 0 Å². The number of nitrogens with zero attached hydrogens (tertiary/aromatic N) is 2. The van der Waals surface area contributed by atoms with Gasteiger partial charge in [0, 0.05) is 11.0 Å². The maximum atomic E-state index is 15.0. The van der Waals surface area contributed by atoms with Crippen LogP contribution in [-0.2, 0) is 14.8 Å². The number of allylic oxidation sites excluding steroid dienone is 1. The number of ether oxygens (including phenoxy) is 1. The molecule has 0 unspecified atom stereocenters. The highest BCUT2D eigenvalue weighted by molar-refractivity contribution is 7.90. The molecule has 0 spiro atoms. The van der Waals surface area contributed by atoms with Gasteiger partial charge in [-0.25, -0.2) is 30.9 Å². The molecule has 0 aliphatic heterocycles. The Morgan fingerprint density at radius 3 is 2.46 bits per heavy atom. The Labute approximate surface area is 213 Å². The number of hydrogen-bond acceptors (Lipinski definition) is 5. The third kappa shape index (κ3) is 4.67. The first-order chi connectivity index (χ1) is 17.8. The molecular formula is C28H24F2N2O4S. The van der Waals surface area contributed by atoms with Gasteiger partial charge in [-0.1, -0.05) is 43.2 Å². The number of hydrogen-bond donors (Lipinski definition) is 0. The number of benzene rings is 2. The second-order valence-corrected chi connectivity index (χ2v) is 10.8. The Balaban J connectivity index is 1.79. The van der Waals surface area contributed by atoms with E-state index in [2.05, 4.69) is 9.72 Å². The molecule has 1 fully saturated rings. The fourth-order valence-corrected chi connectivity index (χ4v) is 6.32. The number of rotatable bonds is 6. The first-order valence-electron chi connectivity index (χ1n) is 11.9. The second-order valence-electron chi connectivity index (χ2n) is 8.99. The Morgan fingerprint density at radius 2 is 1.78 bits per heavy atom. The summed E-state index contributed by atoms with van der Waals surface area (Å²) in [6.45, 7) is 0. The summed E-state index contributed by atoms with van der Waals surface area (Å²) in [6, 6.07) is 14.7. The quantitative estimate of drug-likeness (QED) is 0.292. The van der Waals surface area contributed by atoms with Gasteiger partial charge in [0.1, 0.15) is 11.6 Å². The summed E-state index contributed by atoms with van der Waals surface area (Å²) in [7, 11) is -3.00. The zero-order valence-electron chi connectivity index (χ0n) is 20.0. The van der Waals surface area contributed by atoms with Crippen LogP contribution < -0.4 is 0 Å². The molecule has 2 aromatic carbocycles. The summed E-state index contributed by atoms with van der Waals surface area (Å²) in [4.78, 5) is 16.1. The molecule has 1 aliphatic carbocycles. The molecule has 2 heterocycles. The van der Waals surface area contributed by atoms with Crippen LogP contribution in [0.2, 0.25) is 0 Å². The van der Waals surface area contributed by atoms with Crippen LogP contribution in [0.25, 0.3) is 16.6 Å². The number of carbonyl (C=O) groups excluding carboxylic acids is 1. The van der Waals surface area contributed by atoms with Gasteiger partial charge in [0.05, 0.1) is 29.5 Å². The van der Waals surface area contributed by atoms with Crippen molar-refractivity contribution in [1.29, 1.82) is 0 Å². The summed E-state index contributed by atoms with van der Waals surface area (Å²) in [6.07, 6.45) is 6.79. The molecule has 37 heavy (non-hydrogen) atoms. The van der Waals surface area contributed by atoms with Gasteiger partial charge < -0.3 is 4.74 Å². The zero-order valence-corrected chi connectivity index (χ0v) is 20.8. The van der Waals surface area contributed by atoms with E-state index in [0.29, 0.717) is 16.5 Å². The van der Waals surface area contributed by atoms with Crippen molar-refractivity contribution < 1.29 is 26.7 Å². The van der Waals surface area contributed by atoms with Crippen molar-refractivity contribution in [2.45, 2.75) is 30.6 Å². The summed E-state index contributed by atoms with van der Waals surface area (Å²) >= 11 is 0. The fourth-order valence-electron chi connectivity index (χ4n) is 4.82. The lowest BCUT2D eigenvalue weighted by Crippen LogP contribution is -2.16. The standard InChI is InChI=1S/C28H24F2N2O4S/c1-36-28(33)23-12-11-19(15-25(23)30)24(13-18-7-5-6-8-18)26-16-20-14-21(29)17-31-27(20)32(26)37(34,35)22-9-3-2-4-10-22/h2-4,9-18H,5-8H2,1H3/b24-13+. The molecule has 0 radical (unpaired) electrons. The van der Waals surface area contributed by atoms with Gasteiger partial charge in [-0.2, -0.15) is 0 Å². The van der Waals surface area contributed by atoms with Crippen molar-refractivity contribution >= 4 is 32.6 Å². The average molecular weight is 523 g/mol. The predicted octanol–water partition coefficient (Wildman–Crippen LogP) is 5.96.